The molecule has 3 rings (SSSR count). The molecule has 2 heterocycles. The van der Waals surface area contributed by atoms with Crippen LogP contribution >= 0.6 is 11.3 Å². The zero-order chi connectivity index (χ0) is 11.0. The molecule has 2 nitrogen and oxygen atoms in total. The van der Waals surface area contributed by atoms with E-state index in [1.165, 1.54) is 17.7 Å². The van der Waals surface area contributed by atoms with Crippen molar-refractivity contribution < 1.29 is 0 Å². The van der Waals surface area contributed by atoms with Crippen LogP contribution in [0.4, 0.5) is 0 Å². The molecule has 0 aliphatic heterocycles. The summed E-state index contributed by atoms with van der Waals surface area (Å²) in [5, 5.41) is 1.09. The van der Waals surface area contributed by atoms with Crippen molar-refractivity contribution in [1.29, 1.82) is 0 Å². The Labute approximate surface area is 99.4 Å². The minimum Gasteiger partial charge on any atom is -0.264 e. The van der Waals surface area contributed by atoms with E-state index in [1.807, 2.05) is 29.8 Å². The second-order valence-electron chi connectivity index (χ2n) is 4.44. The zero-order valence-electron chi connectivity index (χ0n) is 9.26. The Morgan fingerprint density at radius 3 is 2.94 bits per heavy atom. The Morgan fingerprint density at radius 1 is 1.38 bits per heavy atom. The first-order chi connectivity index (χ1) is 7.84. The van der Waals surface area contributed by atoms with Gasteiger partial charge in [0.1, 0.15) is 5.01 Å². The number of pyridine rings is 1. The predicted octanol–water partition coefficient (Wildman–Crippen LogP) is 3.72. The highest BCUT2D eigenvalue weighted by atomic mass is 32.1. The van der Waals surface area contributed by atoms with Crippen LogP contribution in [0.5, 0.6) is 0 Å². The lowest BCUT2D eigenvalue weighted by Crippen LogP contribution is -1.90. The molecule has 1 fully saturated rings. The highest BCUT2D eigenvalue weighted by Crippen LogP contribution is 2.44. The largest absolute Gasteiger partial charge is 0.264 e. The fourth-order valence-electron chi connectivity index (χ4n) is 1.95. The monoisotopic (exact) mass is 230 g/mol. The van der Waals surface area contributed by atoms with Gasteiger partial charge < -0.3 is 0 Å². The normalized spacial score (nSPS) is 17.3. The Balaban J connectivity index is 1.87. The Kier molecular flexibility index (Phi) is 2.48. The Morgan fingerprint density at radius 2 is 2.25 bits per heavy atom. The lowest BCUT2D eigenvalue weighted by Gasteiger charge is -2.04. The van der Waals surface area contributed by atoms with Crippen molar-refractivity contribution in [3.05, 3.63) is 35.6 Å². The van der Waals surface area contributed by atoms with Crippen molar-refractivity contribution in [2.45, 2.75) is 25.7 Å². The highest BCUT2D eigenvalue weighted by molar-refractivity contribution is 7.15. The Hall–Kier alpha value is -1.22. The van der Waals surface area contributed by atoms with E-state index in [9.17, 15) is 0 Å². The standard InChI is InChI=1S/C13H14N2S/c1-9(10-4-5-10)12-8-15-13(16-12)11-3-2-6-14-7-11/h2-3,6-10H,4-5H2,1H3. The van der Waals surface area contributed by atoms with Crippen LogP contribution in [0.25, 0.3) is 10.6 Å². The smallest absolute Gasteiger partial charge is 0.125 e. The summed E-state index contributed by atoms with van der Waals surface area (Å²) in [6.07, 6.45) is 8.49. The van der Waals surface area contributed by atoms with Crippen molar-refractivity contribution in [1.82, 2.24) is 9.97 Å². The summed E-state index contributed by atoms with van der Waals surface area (Å²) in [7, 11) is 0. The van der Waals surface area contributed by atoms with Gasteiger partial charge in [0.25, 0.3) is 0 Å². The van der Waals surface area contributed by atoms with Crippen LogP contribution in [0.1, 0.15) is 30.6 Å². The molecule has 3 heteroatoms. The fraction of sp³-hybridized carbons (Fsp3) is 0.385. The van der Waals surface area contributed by atoms with Crippen LogP contribution in [-0.4, -0.2) is 9.97 Å². The third-order valence-corrected chi connectivity index (χ3v) is 4.46. The molecule has 1 aliphatic rings. The molecule has 1 saturated carbocycles. The van der Waals surface area contributed by atoms with Crippen molar-refractivity contribution >= 4 is 11.3 Å². The van der Waals surface area contributed by atoms with Gasteiger partial charge in [-0.1, -0.05) is 6.92 Å². The molecule has 0 bridgehead atoms. The molecule has 0 radical (unpaired) electrons. The van der Waals surface area contributed by atoms with Crippen molar-refractivity contribution in [2.75, 3.05) is 0 Å². The molecule has 82 valence electrons. The van der Waals surface area contributed by atoms with Gasteiger partial charge in [-0.3, -0.25) is 4.98 Å². The molecule has 0 spiro atoms. The van der Waals surface area contributed by atoms with E-state index in [1.54, 1.807) is 6.20 Å². The van der Waals surface area contributed by atoms with E-state index in [4.69, 9.17) is 0 Å². The van der Waals surface area contributed by atoms with Gasteiger partial charge in [-0.05, 0) is 36.8 Å². The molecule has 16 heavy (non-hydrogen) atoms. The molecule has 0 saturated heterocycles. The molecular formula is C13H14N2S. The van der Waals surface area contributed by atoms with E-state index in [2.05, 4.69) is 23.0 Å². The van der Waals surface area contributed by atoms with Gasteiger partial charge in [0.15, 0.2) is 0 Å². The van der Waals surface area contributed by atoms with Gasteiger partial charge >= 0.3 is 0 Å². The van der Waals surface area contributed by atoms with Gasteiger partial charge in [0.05, 0.1) is 0 Å². The first kappa shape index (κ1) is 9.97. The van der Waals surface area contributed by atoms with E-state index in [-0.39, 0.29) is 0 Å². The number of nitrogens with zero attached hydrogens (tertiary/aromatic N) is 2. The summed E-state index contributed by atoms with van der Waals surface area (Å²) in [4.78, 5) is 10.0. The van der Waals surface area contributed by atoms with Crippen LogP contribution in [-0.2, 0) is 0 Å². The number of rotatable bonds is 3. The molecule has 1 unspecified atom stereocenters. The first-order valence-electron chi connectivity index (χ1n) is 5.70. The second kappa shape index (κ2) is 3.98. The van der Waals surface area contributed by atoms with Crippen molar-refractivity contribution in [3.63, 3.8) is 0 Å². The van der Waals surface area contributed by atoms with Crippen molar-refractivity contribution in [3.8, 4) is 10.6 Å². The van der Waals surface area contributed by atoms with Gasteiger partial charge in [-0.2, -0.15) is 0 Å². The maximum Gasteiger partial charge on any atom is 0.125 e. The average molecular weight is 230 g/mol. The quantitative estimate of drug-likeness (QED) is 0.803. The molecule has 1 aliphatic carbocycles. The maximum absolute atomic E-state index is 4.50. The molecule has 0 N–H and O–H groups in total. The summed E-state index contributed by atoms with van der Waals surface area (Å²) in [6, 6.07) is 4.03. The summed E-state index contributed by atoms with van der Waals surface area (Å²) in [5.74, 6) is 1.59. The van der Waals surface area contributed by atoms with Crippen LogP contribution in [0.3, 0.4) is 0 Å². The van der Waals surface area contributed by atoms with E-state index in [0.29, 0.717) is 5.92 Å². The van der Waals surface area contributed by atoms with Crippen LogP contribution < -0.4 is 0 Å². The van der Waals surface area contributed by atoms with E-state index in [0.717, 1.165) is 16.5 Å². The zero-order valence-corrected chi connectivity index (χ0v) is 10.1. The molecule has 2 aromatic heterocycles. The van der Waals surface area contributed by atoms with Gasteiger partial charge in [0.2, 0.25) is 0 Å². The molecule has 0 amide bonds. The van der Waals surface area contributed by atoms with Crippen LogP contribution in [0.15, 0.2) is 30.7 Å². The summed E-state index contributed by atoms with van der Waals surface area (Å²) >= 11 is 1.81. The Bertz CT molecular complexity index is 474. The highest BCUT2D eigenvalue weighted by Gasteiger charge is 2.30. The lowest BCUT2D eigenvalue weighted by atomic mass is 10.1. The molecule has 1 atom stereocenters. The third kappa shape index (κ3) is 1.87. The number of aromatic nitrogens is 2. The number of hydrogen-bond acceptors (Lipinski definition) is 3. The third-order valence-electron chi connectivity index (χ3n) is 3.21. The topological polar surface area (TPSA) is 25.8 Å². The molecule has 0 aromatic carbocycles. The molecule has 2 aromatic rings. The maximum atomic E-state index is 4.50. The van der Waals surface area contributed by atoms with E-state index < -0.39 is 0 Å². The number of thiazole rings is 1. The average Bonchev–Trinajstić information content (AvgIpc) is 3.07. The summed E-state index contributed by atoms with van der Waals surface area (Å²) in [6.45, 7) is 2.32. The predicted molar refractivity (Wildman–Crippen MR) is 66.5 cm³/mol. The summed E-state index contributed by atoms with van der Waals surface area (Å²) in [5.41, 5.74) is 1.13. The molecular weight excluding hydrogens is 216 g/mol. The van der Waals surface area contributed by atoms with Gasteiger partial charge in [-0.25, -0.2) is 4.98 Å². The summed E-state index contributed by atoms with van der Waals surface area (Å²) < 4.78 is 0. The van der Waals surface area contributed by atoms with Crippen LogP contribution in [0, 0.1) is 5.92 Å². The lowest BCUT2D eigenvalue weighted by molar-refractivity contribution is 0.674. The number of hydrogen-bond donors (Lipinski definition) is 0. The van der Waals surface area contributed by atoms with Gasteiger partial charge in [-0.15, -0.1) is 11.3 Å². The first-order valence-corrected chi connectivity index (χ1v) is 6.52. The fourth-order valence-corrected chi connectivity index (χ4v) is 3.00. The minimum absolute atomic E-state index is 0.683. The van der Waals surface area contributed by atoms with Crippen LogP contribution in [0.2, 0.25) is 0 Å². The SMILES string of the molecule is CC(c1cnc(-c2cccnc2)s1)C1CC1. The van der Waals surface area contributed by atoms with E-state index >= 15 is 0 Å². The van der Waals surface area contributed by atoms with Crippen molar-refractivity contribution in [2.24, 2.45) is 5.92 Å². The van der Waals surface area contributed by atoms with Gasteiger partial charge in [0, 0.05) is 29.0 Å². The second-order valence-corrected chi connectivity index (χ2v) is 5.50. The minimum atomic E-state index is 0.683.